The van der Waals surface area contributed by atoms with E-state index in [1.807, 2.05) is 54.6 Å². The highest BCUT2D eigenvalue weighted by molar-refractivity contribution is 7.99. The van der Waals surface area contributed by atoms with Gasteiger partial charge in [0.15, 0.2) is 11.9 Å². The first-order valence-corrected chi connectivity index (χ1v) is 11.6. The number of ether oxygens (including phenoxy) is 2. The van der Waals surface area contributed by atoms with Crippen LogP contribution in [0.15, 0.2) is 66.3 Å². The Morgan fingerprint density at radius 3 is 2.71 bits per heavy atom. The minimum Gasteiger partial charge on any atom is -0.490 e. The molecule has 1 aromatic heterocycles. The number of rotatable bonds is 6. The molecule has 3 aromatic rings. The number of aromatic nitrogens is 3. The zero-order valence-corrected chi connectivity index (χ0v) is 18.0. The van der Waals surface area contributed by atoms with Gasteiger partial charge in [0.25, 0.3) is 0 Å². The Hall–Kier alpha value is -3.06. The number of nitrogens with one attached hydrogen (secondary N) is 1. The van der Waals surface area contributed by atoms with Gasteiger partial charge in [0, 0.05) is 22.6 Å². The Labute approximate surface area is 186 Å². The topological polar surface area (TPSA) is 69.2 Å². The van der Waals surface area contributed by atoms with Crippen LogP contribution in [0.3, 0.4) is 0 Å². The van der Waals surface area contributed by atoms with Crippen molar-refractivity contribution in [3.63, 3.8) is 0 Å². The summed E-state index contributed by atoms with van der Waals surface area (Å²) in [5.41, 5.74) is 3.47. The fourth-order valence-corrected chi connectivity index (χ4v) is 4.43. The third kappa shape index (κ3) is 4.37. The number of para-hydroxylation sites is 1. The van der Waals surface area contributed by atoms with Crippen molar-refractivity contribution in [3.05, 3.63) is 66.7 Å². The summed E-state index contributed by atoms with van der Waals surface area (Å²) in [5.74, 6) is 2.08. The van der Waals surface area contributed by atoms with E-state index in [9.17, 15) is 0 Å². The van der Waals surface area contributed by atoms with Crippen molar-refractivity contribution < 1.29 is 9.47 Å². The standard InChI is InChI=1S/C24H24N4O2S/c1-2-15-31-24-26-23-21(27-28-24)19-9-5-6-10-20(19)25-22(30-23)16-11-13-18(14-12-16)29-17-7-3-4-8-17/h2,5-6,9-14,17,22,25H,1,3-4,7-8,15H2/t22-/m0/s1. The lowest BCUT2D eigenvalue weighted by atomic mass is 10.1. The quantitative estimate of drug-likeness (QED) is 0.399. The first-order valence-electron chi connectivity index (χ1n) is 10.6. The Morgan fingerprint density at radius 1 is 1.10 bits per heavy atom. The van der Waals surface area contributed by atoms with Crippen molar-refractivity contribution in [2.75, 3.05) is 11.1 Å². The lowest BCUT2D eigenvalue weighted by Gasteiger charge is -2.20. The van der Waals surface area contributed by atoms with Gasteiger partial charge < -0.3 is 14.8 Å². The largest absolute Gasteiger partial charge is 0.490 e. The molecule has 2 aliphatic rings. The molecule has 2 heterocycles. The monoisotopic (exact) mass is 432 g/mol. The minimum absolute atomic E-state index is 0.339. The van der Waals surface area contributed by atoms with E-state index < -0.39 is 6.23 Å². The molecule has 1 aliphatic carbocycles. The van der Waals surface area contributed by atoms with Gasteiger partial charge in [0.2, 0.25) is 11.0 Å². The van der Waals surface area contributed by atoms with Crippen molar-refractivity contribution in [2.24, 2.45) is 0 Å². The Bertz CT molecular complexity index is 1070. The van der Waals surface area contributed by atoms with Gasteiger partial charge >= 0.3 is 0 Å². The molecule has 2 aromatic carbocycles. The maximum absolute atomic E-state index is 6.31. The Balaban J connectivity index is 1.44. The Kier molecular flexibility index (Phi) is 5.76. The molecule has 158 valence electrons. The van der Waals surface area contributed by atoms with Crippen LogP contribution in [0.25, 0.3) is 11.3 Å². The molecule has 31 heavy (non-hydrogen) atoms. The second-order valence-corrected chi connectivity index (χ2v) is 8.62. The molecule has 0 spiro atoms. The fourth-order valence-electron chi connectivity index (χ4n) is 3.91. The first-order chi connectivity index (χ1) is 15.3. The molecule has 7 heteroatoms. The maximum Gasteiger partial charge on any atom is 0.247 e. The van der Waals surface area contributed by atoms with Gasteiger partial charge in [-0.15, -0.1) is 16.8 Å². The lowest BCUT2D eigenvalue weighted by molar-refractivity contribution is 0.209. The number of hydrogen-bond donors (Lipinski definition) is 1. The van der Waals surface area contributed by atoms with E-state index in [-0.39, 0.29) is 0 Å². The van der Waals surface area contributed by atoms with Crippen molar-refractivity contribution in [2.45, 2.75) is 43.2 Å². The highest BCUT2D eigenvalue weighted by Gasteiger charge is 2.26. The molecule has 0 unspecified atom stereocenters. The summed E-state index contributed by atoms with van der Waals surface area (Å²) in [5, 5.41) is 12.7. The van der Waals surface area contributed by atoms with E-state index in [4.69, 9.17) is 9.47 Å². The van der Waals surface area contributed by atoms with Gasteiger partial charge in [-0.3, -0.25) is 0 Å². The molecule has 0 amide bonds. The summed E-state index contributed by atoms with van der Waals surface area (Å²) >= 11 is 1.48. The van der Waals surface area contributed by atoms with Crippen molar-refractivity contribution in [3.8, 4) is 22.9 Å². The molecule has 6 nitrogen and oxygen atoms in total. The molecule has 1 atom stereocenters. The van der Waals surface area contributed by atoms with Gasteiger partial charge in [-0.05, 0) is 56.0 Å². The van der Waals surface area contributed by atoms with E-state index in [2.05, 4.69) is 27.1 Å². The molecular weight excluding hydrogens is 408 g/mol. The number of benzene rings is 2. The van der Waals surface area contributed by atoms with Crippen molar-refractivity contribution >= 4 is 17.4 Å². The molecule has 0 bridgehead atoms. The van der Waals surface area contributed by atoms with Crippen LogP contribution < -0.4 is 14.8 Å². The van der Waals surface area contributed by atoms with Crippen molar-refractivity contribution in [1.82, 2.24) is 15.2 Å². The van der Waals surface area contributed by atoms with Crippen LogP contribution in [-0.2, 0) is 0 Å². The number of thioether (sulfide) groups is 1. The van der Waals surface area contributed by atoms with E-state index >= 15 is 0 Å². The average molecular weight is 433 g/mol. The van der Waals surface area contributed by atoms with E-state index in [1.54, 1.807) is 0 Å². The number of anilines is 1. The summed E-state index contributed by atoms with van der Waals surface area (Å²) < 4.78 is 12.4. The summed E-state index contributed by atoms with van der Waals surface area (Å²) in [7, 11) is 0. The lowest BCUT2D eigenvalue weighted by Crippen LogP contribution is -2.17. The summed E-state index contributed by atoms with van der Waals surface area (Å²) in [6.07, 6.45) is 6.54. The molecule has 0 radical (unpaired) electrons. The van der Waals surface area contributed by atoms with Crippen LogP contribution >= 0.6 is 11.8 Å². The Morgan fingerprint density at radius 2 is 1.90 bits per heavy atom. The molecular formula is C24H24N4O2S. The smallest absolute Gasteiger partial charge is 0.247 e. The van der Waals surface area contributed by atoms with Gasteiger partial charge in [-0.25, -0.2) is 0 Å². The van der Waals surface area contributed by atoms with Gasteiger partial charge in [-0.1, -0.05) is 36.0 Å². The van der Waals surface area contributed by atoms with Crippen LogP contribution in [0, 0.1) is 0 Å². The predicted molar refractivity (Wildman–Crippen MR) is 123 cm³/mol. The molecule has 1 saturated carbocycles. The van der Waals surface area contributed by atoms with Crippen LogP contribution in [0.1, 0.15) is 37.5 Å². The molecule has 1 N–H and O–H groups in total. The van der Waals surface area contributed by atoms with Crippen LogP contribution in [0.5, 0.6) is 11.6 Å². The van der Waals surface area contributed by atoms with E-state index in [0.717, 1.165) is 35.4 Å². The SMILES string of the molecule is C=CCSc1nnc2c(n1)O[C@@H](c1ccc(OC3CCCC3)cc1)Nc1ccccc1-2. The minimum atomic E-state index is -0.406. The van der Waals surface area contributed by atoms with Crippen molar-refractivity contribution in [1.29, 1.82) is 0 Å². The third-order valence-corrected chi connectivity index (χ3v) is 6.29. The maximum atomic E-state index is 6.31. The van der Waals surface area contributed by atoms with Gasteiger partial charge in [0.1, 0.15) is 5.75 Å². The normalized spacial score (nSPS) is 17.6. The predicted octanol–water partition coefficient (Wildman–Crippen LogP) is 5.64. The molecule has 0 saturated heterocycles. The summed E-state index contributed by atoms with van der Waals surface area (Å²) in [4.78, 5) is 4.63. The summed E-state index contributed by atoms with van der Waals surface area (Å²) in [6.45, 7) is 3.75. The zero-order valence-electron chi connectivity index (χ0n) is 17.2. The number of fused-ring (bicyclic) bond motifs is 3. The molecule has 1 fully saturated rings. The van der Waals surface area contributed by atoms with E-state index in [1.165, 1.54) is 24.6 Å². The highest BCUT2D eigenvalue weighted by Crippen LogP contribution is 2.39. The van der Waals surface area contributed by atoms with Crippen LogP contribution in [-0.4, -0.2) is 27.0 Å². The molecule has 5 rings (SSSR count). The fraction of sp³-hybridized carbons (Fsp3) is 0.292. The first kappa shape index (κ1) is 19.9. The zero-order chi connectivity index (χ0) is 21.0. The second-order valence-electron chi connectivity index (χ2n) is 7.63. The van der Waals surface area contributed by atoms with Gasteiger partial charge in [-0.2, -0.15) is 4.98 Å². The molecule has 1 aliphatic heterocycles. The van der Waals surface area contributed by atoms with Gasteiger partial charge in [0.05, 0.1) is 6.10 Å². The number of hydrogen-bond acceptors (Lipinski definition) is 7. The summed E-state index contributed by atoms with van der Waals surface area (Å²) in [6, 6.07) is 16.1. The van der Waals surface area contributed by atoms with Crippen LogP contribution in [0.4, 0.5) is 5.69 Å². The highest BCUT2D eigenvalue weighted by atomic mass is 32.2. The average Bonchev–Trinajstić information content (AvgIpc) is 3.25. The van der Waals surface area contributed by atoms with Crippen LogP contribution in [0.2, 0.25) is 0 Å². The second kappa shape index (κ2) is 8.98. The third-order valence-electron chi connectivity index (χ3n) is 5.45. The number of nitrogens with zero attached hydrogens (tertiary/aromatic N) is 3. The van der Waals surface area contributed by atoms with E-state index in [0.29, 0.717) is 28.6 Å².